The first kappa shape index (κ1) is 15.6. The van der Waals surface area contributed by atoms with Crippen LogP contribution in [-0.4, -0.2) is 16.8 Å². The summed E-state index contributed by atoms with van der Waals surface area (Å²) in [6, 6.07) is 3.04. The van der Waals surface area contributed by atoms with Crippen LogP contribution in [0.5, 0.6) is 0 Å². The van der Waals surface area contributed by atoms with Gasteiger partial charge in [0.05, 0.1) is 5.69 Å². The van der Waals surface area contributed by atoms with Gasteiger partial charge in [-0.05, 0) is 32.8 Å². The van der Waals surface area contributed by atoms with Crippen molar-refractivity contribution in [3.05, 3.63) is 28.7 Å². The minimum absolute atomic E-state index is 0.0647. The molecule has 6 heteroatoms. The number of aromatic nitrogens is 1. The Balaban J connectivity index is 2.48. The summed E-state index contributed by atoms with van der Waals surface area (Å²) in [7, 11) is 0. The second kappa shape index (κ2) is 6.63. The molecule has 0 aromatic carbocycles. The number of aryl methyl sites for hydroxylation is 1. The molecule has 3 nitrogen and oxygen atoms in total. The van der Waals surface area contributed by atoms with E-state index in [1.807, 2.05) is 13.8 Å². The van der Waals surface area contributed by atoms with Crippen LogP contribution in [0.4, 0.5) is 18.9 Å². The van der Waals surface area contributed by atoms with Crippen LogP contribution in [0.3, 0.4) is 0 Å². The normalized spacial score (nSPS) is 13.3. The van der Waals surface area contributed by atoms with Gasteiger partial charge >= 0.3 is 6.18 Å². The lowest BCUT2D eigenvalue weighted by molar-refractivity contribution is -0.135. The van der Waals surface area contributed by atoms with Gasteiger partial charge in [0.25, 0.3) is 5.56 Å². The fourth-order valence-corrected chi connectivity index (χ4v) is 1.83. The van der Waals surface area contributed by atoms with E-state index < -0.39 is 12.6 Å². The van der Waals surface area contributed by atoms with Gasteiger partial charge in [-0.3, -0.25) is 4.79 Å². The number of rotatable bonds is 6. The molecule has 0 saturated carbocycles. The smallest absolute Gasteiger partial charge is 0.381 e. The molecular formula is C13H19F3N2O. The van der Waals surface area contributed by atoms with Crippen molar-refractivity contribution in [2.45, 2.75) is 51.9 Å². The topological polar surface area (TPSA) is 34.0 Å². The lowest BCUT2D eigenvalue weighted by Crippen LogP contribution is -2.21. The third-order valence-electron chi connectivity index (χ3n) is 2.83. The Hall–Kier alpha value is -1.46. The van der Waals surface area contributed by atoms with E-state index >= 15 is 0 Å². The first-order valence-corrected chi connectivity index (χ1v) is 6.35. The van der Waals surface area contributed by atoms with Crippen LogP contribution < -0.4 is 10.9 Å². The molecule has 108 valence electrons. The summed E-state index contributed by atoms with van der Waals surface area (Å²) in [6.45, 7) is 4.26. The minimum atomic E-state index is -4.09. The molecule has 0 aliphatic heterocycles. The maximum atomic E-state index is 12.0. The van der Waals surface area contributed by atoms with Crippen molar-refractivity contribution < 1.29 is 13.2 Å². The average Bonchev–Trinajstić information content (AvgIpc) is 2.30. The zero-order chi connectivity index (χ0) is 14.5. The second-order valence-electron chi connectivity index (χ2n) is 4.59. The van der Waals surface area contributed by atoms with Crippen LogP contribution in [0, 0.1) is 0 Å². The van der Waals surface area contributed by atoms with Crippen molar-refractivity contribution in [3.63, 3.8) is 0 Å². The number of hydrogen-bond acceptors (Lipinski definition) is 2. The van der Waals surface area contributed by atoms with Gasteiger partial charge in [-0.2, -0.15) is 13.2 Å². The number of pyridine rings is 1. The van der Waals surface area contributed by atoms with Gasteiger partial charge in [0.15, 0.2) is 0 Å². The molecule has 1 aromatic rings. The van der Waals surface area contributed by atoms with Crippen LogP contribution >= 0.6 is 0 Å². The molecule has 1 heterocycles. The zero-order valence-corrected chi connectivity index (χ0v) is 11.1. The average molecular weight is 276 g/mol. The lowest BCUT2D eigenvalue weighted by atomic mass is 10.1. The zero-order valence-electron chi connectivity index (χ0n) is 11.1. The number of halogens is 3. The molecule has 0 saturated heterocycles. The first-order valence-electron chi connectivity index (χ1n) is 6.35. The van der Waals surface area contributed by atoms with E-state index in [-0.39, 0.29) is 18.0 Å². The Bertz CT molecular complexity index is 454. The molecule has 0 radical (unpaired) electrons. The summed E-state index contributed by atoms with van der Waals surface area (Å²) in [4.78, 5) is 11.4. The van der Waals surface area contributed by atoms with Crippen LogP contribution in [0.15, 0.2) is 23.1 Å². The minimum Gasteiger partial charge on any atom is -0.381 e. The van der Waals surface area contributed by atoms with Crippen molar-refractivity contribution >= 4 is 5.69 Å². The maximum absolute atomic E-state index is 12.0. The Morgan fingerprint density at radius 1 is 1.37 bits per heavy atom. The second-order valence-corrected chi connectivity index (χ2v) is 4.59. The van der Waals surface area contributed by atoms with Crippen LogP contribution in [0.25, 0.3) is 0 Å². The fourth-order valence-electron chi connectivity index (χ4n) is 1.83. The summed E-state index contributed by atoms with van der Waals surface area (Å²) in [5.74, 6) is 0. The van der Waals surface area contributed by atoms with E-state index in [2.05, 4.69) is 5.32 Å². The molecule has 1 aromatic heterocycles. The highest BCUT2D eigenvalue weighted by Gasteiger charge is 2.26. The summed E-state index contributed by atoms with van der Waals surface area (Å²) in [5, 5.41) is 3.10. The molecule has 19 heavy (non-hydrogen) atoms. The molecule has 0 amide bonds. The monoisotopic (exact) mass is 276 g/mol. The van der Waals surface area contributed by atoms with Crippen molar-refractivity contribution in [2.75, 3.05) is 5.32 Å². The van der Waals surface area contributed by atoms with Crippen LogP contribution in [-0.2, 0) is 6.54 Å². The largest absolute Gasteiger partial charge is 0.389 e. The lowest BCUT2D eigenvalue weighted by Gasteiger charge is -2.16. The van der Waals surface area contributed by atoms with E-state index in [1.165, 1.54) is 6.07 Å². The van der Waals surface area contributed by atoms with E-state index in [0.717, 1.165) is 5.69 Å². The molecule has 0 aliphatic rings. The van der Waals surface area contributed by atoms with E-state index in [9.17, 15) is 18.0 Å². The van der Waals surface area contributed by atoms with Crippen molar-refractivity contribution in [1.29, 1.82) is 0 Å². The Kier molecular flexibility index (Phi) is 5.44. The number of hydrogen-bond donors (Lipinski definition) is 1. The highest BCUT2D eigenvalue weighted by molar-refractivity contribution is 5.41. The van der Waals surface area contributed by atoms with Gasteiger partial charge < -0.3 is 9.88 Å². The Morgan fingerprint density at radius 3 is 2.63 bits per heavy atom. The van der Waals surface area contributed by atoms with Gasteiger partial charge in [-0.25, -0.2) is 0 Å². The van der Waals surface area contributed by atoms with Crippen LogP contribution in [0.2, 0.25) is 0 Å². The predicted molar refractivity (Wildman–Crippen MR) is 69.4 cm³/mol. The first-order chi connectivity index (χ1) is 8.81. The van der Waals surface area contributed by atoms with Gasteiger partial charge in [-0.15, -0.1) is 0 Å². The van der Waals surface area contributed by atoms with Crippen molar-refractivity contribution in [3.8, 4) is 0 Å². The number of anilines is 1. The number of nitrogens with one attached hydrogen (secondary N) is 1. The van der Waals surface area contributed by atoms with E-state index in [4.69, 9.17) is 0 Å². The third kappa shape index (κ3) is 5.81. The summed E-state index contributed by atoms with van der Waals surface area (Å²) in [6.07, 6.45) is -2.62. The summed E-state index contributed by atoms with van der Waals surface area (Å²) < 4.78 is 37.6. The van der Waals surface area contributed by atoms with Gasteiger partial charge in [0, 0.05) is 31.3 Å². The third-order valence-corrected chi connectivity index (χ3v) is 2.83. The van der Waals surface area contributed by atoms with E-state index in [0.29, 0.717) is 13.0 Å². The standard InChI is InChI=1S/C13H19F3N2O/c1-3-18-9-11(6-7-12(18)19)17-10(2)5-4-8-13(14,15)16/h6-7,9-10,17H,3-5,8H2,1-2H3. The van der Waals surface area contributed by atoms with Gasteiger partial charge in [-0.1, -0.05) is 0 Å². The summed E-state index contributed by atoms with van der Waals surface area (Å²) >= 11 is 0. The number of alkyl halides is 3. The quantitative estimate of drug-likeness (QED) is 0.864. The Labute approximate surface area is 110 Å². The summed E-state index contributed by atoms with van der Waals surface area (Å²) in [5.41, 5.74) is 0.665. The van der Waals surface area contributed by atoms with Gasteiger partial charge in [0.1, 0.15) is 0 Å². The van der Waals surface area contributed by atoms with Crippen molar-refractivity contribution in [1.82, 2.24) is 4.57 Å². The SMILES string of the molecule is CCn1cc(NC(C)CCCC(F)(F)F)ccc1=O. The molecule has 0 spiro atoms. The molecule has 1 unspecified atom stereocenters. The molecule has 1 N–H and O–H groups in total. The fraction of sp³-hybridized carbons (Fsp3) is 0.615. The molecule has 1 atom stereocenters. The van der Waals surface area contributed by atoms with Crippen molar-refractivity contribution in [2.24, 2.45) is 0 Å². The molecule has 0 fully saturated rings. The highest BCUT2D eigenvalue weighted by atomic mass is 19.4. The van der Waals surface area contributed by atoms with Gasteiger partial charge in [0.2, 0.25) is 0 Å². The predicted octanol–water partition coefficient (Wildman–Crippen LogP) is 3.40. The molecule has 0 bridgehead atoms. The number of nitrogens with zero attached hydrogens (tertiary/aromatic N) is 1. The molecular weight excluding hydrogens is 257 g/mol. The molecule has 0 aliphatic carbocycles. The van der Waals surface area contributed by atoms with Crippen LogP contribution in [0.1, 0.15) is 33.1 Å². The van der Waals surface area contributed by atoms with E-state index in [1.54, 1.807) is 16.8 Å². The molecule has 1 rings (SSSR count). The maximum Gasteiger partial charge on any atom is 0.389 e. The highest BCUT2D eigenvalue weighted by Crippen LogP contribution is 2.23. The Morgan fingerprint density at radius 2 is 2.05 bits per heavy atom.